The summed E-state index contributed by atoms with van der Waals surface area (Å²) < 4.78 is 18.7. The monoisotopic (exact) mass is 221 g/mol. The van der Waals surface area contributed by atoms with Crippen molar-refractivity contribution < 1.29 is 13.7 Å². The molecule has 2 atom stereocenters. The van der Waals surface area contributed by atoms with Crippen LogP contribution < -0.4 is 4.72 Å². The fraction of sp³-hybridized carbons (Fsp3) is 0.889. The van der Waals surface area contributed by atoms with Gasteiger partial charge in [0, 0.05) is 0 Å². The predicted molar refractivity (Wildman–Crippen MR) is 57.1 cm³/mol. The zero-order valence-electron chi connectivity index (χ0n) is 9.42. The molecule has 84 valence electrons. The molecular formula is C9H19NO3S. The maximum atomic E-state index is 11.6. The molecule has 5 heteroatoms. The summed E-state index contributed by atoms with van der Waals surface area (Å²) in [5.41, 5.74) is 0. The summed E-state index contributed by atoms with van der Waals surface area (Å²) in [6, 6.07) is -0.532. The highest BCUT2D eigenvalue weighted by molar-refractivity contribution is 7.84. The molecular weight excluding hydrogens is 202 g/mol. The van der Waals surface area contributed by atoms with Crippen LogP contribution in [0.2, 0.25) is 0 Å². The molecule has 0 saturated heterocycles. The van der Waals surface area contributed by atoms with Crippen LogP contribution in [0, 0.1) is 0 Å². The van der Waals surface area contributed by atoms with Gasteiger partial charge < -0.3 is 4.74 Å². The molecule has 14 heavy (non-hydrogen) atoms. The molecule has 0 aliphatic rings. The molecule has 0 aliphatic carbocycles. The van der Waals surface area contributed by atoms with Gasteiger partial charge >= 0.3 is 5.97 Å². The second-order valence-corrected chi connectivity index (χ2v) is 5.97. The Bertz CT molecular complexity index is 223. The van der Waals surface area contributed by atoms with Crippen LogP contribution in [0.3, 0.4) is 0 Å². The van der Waals surface area contributed by atoms with Gasteiger partial charge in [-0.05, 0) is 34.6 Å². The molecule has 0 aromatic heterocycles. The van der Waals surface area contributed by atoms with Crippen LogP contribution in [0.25, 0.3) is 0 Å². The summed E-state index contributed by atoms with van der Waals surface area (Å²) >= 11 is 0. The summed E-state index contributed by atoms with van der Waals surface area (Å²) in [5, 5.41) is 0. The number of carbonyl (C=O) groups is 1. The normalized spacial score (nSPS) is 16.1. The van der Waals surface area contributed by atoms with Crippen molar-refractivity contribution in [2.24, 2.45) is 0 Å². The Balaban J connectivity index is 4.13. The quantitative estimate of drug-likeness (QED) is 0.720. The number of esters is 1. The smallest absolute Gasteiger partial charge is 0.323 e. The summed E-state index contributed by atoms with van der Waals surface area (Å²) in [5.74, 6) is -0.370. The molecule has 4 nitrogen and oxygen atoms in total. The van der Waals surface area contributed by atoms with E-state index in [2.05, 4.69) is 4.72 Å². The number of hydrogen-bond donors (Lipinski definition) is 1. The Hall–Kier alpha value is -0.420. The number of ether oxygens (including phenoxy) is 1. The Morgan fingerprint density at radius 2 is 2.00 bits per heavy atom. The zero-order valence-corrected chi connectivity index (χ0v) is 10.2. The minimum Gasteiger partial charge on any atom is -0.465 e. The Morgan fingerprint density at radius 1 is 1.50 bits per heavy atom. The van der Waals surface area contributed by atoms with Crippen molar-refractivity contribution in [2.45, 2.75) is 45.4 Å². The van der Waals surface area contributed by atoms with Gasteiger partial charge in [-0.2, -0.15) is 0 Å². The average molecular weight is 221 g/mol. The minimum absolute atomic E-state index is 0.340. The van der Waals surface area contributed by atoms with Crippen LogP contribution in [-0.4, -0.2) is 27.6 Å². The van der Waals surface area contributed by atoms with E-state index in [0.717, 1.165) is 0 Å². The standard InChI is InChI=1S/C9H19NO3S/c1-6-13-8(11)7(2)10-14(12)9(3,4)5/h7,10H,6H2,1-5H3/t7-,14-/m1/s1. The minimum atomic E-state index is -1.24. The molecule has 0 aromatic rings. The fourth-order valence-electron chi connectivity index (χ4n) is 0.653. The van der Waals surface area contributed by atoms with Gasteiger partial charge in [0.25, 0.3) is 0 Å². The van der Waals surface area contributed by atoms with Crippen LogP contribution in [-0.2, 0) is 20.5 Å². The van der Waals surface area contributed by atoms with E-state index in [4.69, 9.17) is 4.74 Å². The molecule has 0 aromatic carbocycles. The third-order valence-corrected chi connectivity index (χ3v) is 3.16. The van der Waals surface area contributed by atoms with Gasteiger partial charge in [0.05, 0.1) is 22.3 Å². The van der Waals surface area contributed by atoms with E-state index in [-0.39, 0.29) is 10.7 Å². The largest absolute Gasteiger partial charge is 0.465 e. The summed E-state index contributed by atoms with van der Waals surface area (Å²) in [6.07, 6.45) is 0. The first kappa shape index (κ1) is 13.6. The van der Waals surface area contributed by atoms with E-state index in [1.807, 2.05) is 20.8 Å². The molecule has 0 rings (SSSR count). The van der Waals surface area contributed by atoms with Crippen LogP contribution in [0.1, 0.15) is 34.6 Å². The van der Waals surface area contributed by atoms with E-state index in [1.54, 1.807) is 13.8 Å². The second kappa shape index (κ2) is 5.46. The lowest BCUT2D eigenvalue weighted by Crippen LogP contribution is -2.42. The average Bonchev–Trinajstić information content (AvgIpc) is 2.02. The maximum Gasteiger partial charge on any atom is 0.323 e. The van der Waals surface area contributed by atoms with E-state index in [0.29, 0.717) is 6.61 Å². The lowest BCUT2D eigenvalue weighted by molar-refractivity contribution is -0.144. The topological polar surface area (TPSA) is 55.4 Å². The number of carbonyl (C=O) groups excluding carboxylic acids is 1. The van der Waals surface area contributed by atoms with Gasteiger partial charge in [0.1, 0.15) is 6.04 Å². The summed E-state index contributed by atoms with van der Waals surface area (Å²) in [6.45, 7) is 9.25. The van der Waals surface area contributed by atoms with Gasteiger partial charge in [-0.3, -0.25) is 4.79 Å². The van der Waals surface area contributed by atoms with Crippen molar-refractivity contribution in [3.8, 4) is 0 Å². The van der Waals surface area contributed by atoms with Crippen molar-refractivity contribution >= 4 is 17.0 Å². The number of nitrogens with one attached hydrogen (secondary N) is 1. The zero-order chi connectivity index (χ0) is 11.4. The molecule has 1 N–H and O–H groups in total. The van der Waals surface area contributed by atoms with Crippen molar-refractivity contribution in [1.29, 1.82) is 0 Å². The lowest BCUT2D eigenvalue weighted by Gasteiger charge is -2.20. The molecule has 0 amide bonds. The van der Waals surface area contributed by atoms with E-state index in [1.165, 1.54) is 0 Å². The summed E-state index contributed by atoms with van der Waals surface area (Å²) in [7, 11) is -1.24. The van der Waals surface area contributed by atoms with Gasteiger partial charge in [0.2, 0.25) is 0 Å². The highest BCUT2D eigenvalue weighted by Gasteiger charge is 2.24. The molecule has 0 saturated carbocycles. The first-order valence-electron chi connectivity index (χ1n) is 4.63. The molecule has 0 radical (unpaired) electrons. The lowest BCUT2D eigenvalue weighted by atomic mass is 10.3. The van der Waals surface area contributed by atoms with Crippen LogP contribution >= 0.6 is 0 Å². The van der Waals surface area contributed by atoms with Crippen molar-refractivity contribution in [2.75, 3.05) is 6.61 Å². The van der Waals surface area contributed by atoms with Crippen LogP contribution in [0.15, 0.2) is 0 Å². The van der Waals surface area contributed by atoms with Gasteiger partial charge in [-0.25, -0.2) is 8.93 Å². The second-order valence-electron chi connectivity index (χ2n) is 3.97. The summed E-state index contributed by atoms with van der Waals surface area (Å²) in [4.78, 5) is 11.2. The van der Waals surface area contributed by atoms with Crippen molar-refractivity contribution in [3.05, 3.63) is 0 Å². The highest BCUT2D eigenvalue weighted by Crippen LogP contribution is 2.09. The molecule has 0 unspecified atom stereocenters. The van der Waals surface area contributed by atoms with Gasteiger partial charge in [-0.1, -0.05) is 0 Å². The molecule has 0 spiro atoms. The van der Waals surface area contributed by atoms with E-state index < -0.39 is 17.0 Å². The molecule has 0 aliphatic heterocycles. The van der Waals surface area contributed by atoms with Gasteiger partial charge in [0.15, 0.2) is 0 Å². The molecule has 0 bridgehead atoms. The van der Waals surface area contributed by atoms with Crippen LogP contribution in [0.4, 0.5) is 0 Å². The van der Waals surface area contributed by atoms with Crippen molar-refractivity contribution in [3.63, 3.8) is 0 Å². The first-order chi connectivity index (χ1) is 6.29. The Labute approximate surface area is 88.0 Å². The first-order valence-corrected chi connectivity index (χ1v) is 5.78. The number of rotatable bonds is 4. The Morgan fingerprint density at radius 3 is 2.36 bits per heavy atom. The number of hydrogen-bond acceptors (Lipinski definition) is 3. The molecule has 0 heterocycles. The fourth-order valence-corrected chi connectivity index (χ4v) is 1.42. The highest BCUT2D eigenvalue weighted by atomic mass is 32.2. The van der Waals surface area contributed by atoms with Crippen LogP contribution in [0.5, 0.6) is 0 Å². The van der Waals surface area contributed by atoms with E-state index >= 15 is 0 Å². The maximum absolute atomic E-state index is 11.6. The van der Waals surface area contributed by atoms with Crippen molar-refractivity contribution in [1.82, 2.24) is 4.72 Å². The third kappa shape index (κ3) is 4.72. The Kier molecular flexibility index (Phi) is 5.29. The molecule has 0 fully saturated rings. The SMILES string of the molecule is CCOC(=O)[C@@H](C)N[S@](=O)C(C)(C)C. The third-order valence-electron chi connectivity index (χ3n) is 1.48. The van der Waals surface area contributed by atoms with E-state index in [9.17, 15) is 9.00 Å². The predicted octanol–water partition coefficient (Wildman–Crippen LogP) is 0.990. The van der Waals surface area contributed by atoms with Gasteiger partial charge in [-0.15, -0.1) is 0 Å².